The molecule has 0 amide bonds. The van der Waals surface area contributed by atoms with E-state index in [4.69, 9.17) is 10.00 Å². The minimum atomic E-state index is -0.467. The first-order valence-electron chi connectivity index (χ1n) is 6.07. The van der Waals surface area contributed by atoms with Crippen molar-refractivity contribution >= 4 is 5.97 Å². The van der Waals surface area contributed by atoms with E-state index in [1.54, 1.807) is 0 Å². The van der Waals surface area contributed by atoms with Crippen LogP contribution in [0.25, 0.3) is 0 Å². The molecule has 0 aromatic carbocycles. The summed E-state index contributed by atoms with van der Waals surface area (Å²) >= 11 is 0. The van der Waals surface area contributed by atoms with Crippen LogP contribution in [0.3, 0.4) is 0 Å². The molecule has 4 heteroatoms. The highest BCUT2D eigenvalue weighted by Crippen LogP contribution is 2.12. The van der Waals surface area contributed by atoms with Crippen LogP contribution in [0.4, 0.5) is 0 Å². The van der Waals surface area contributed by atoms with E-state index in [-0.39, 0.29) is 17.9 Å². The molecule has 0 N–H and O–H groups in total. The van der Waals surface area contributed by atoms with Gasteiger partial charge in [-0.3, -0.25) is 9.69 Å². The number of likely N-dealkylation sites (N-methyl/N-ethyl adjacent to an activating group) is 1. The average Bonchev–Trinajstić information content (AvgIpc) is 2.22. The smallest absolute Gasteiger partial charge is 0.323 e. The van der Waals surface area contributed by atoms with Gasteiger partial charge in [-0.25, -0.2) is 0 Å². The first-order valence-corrected chi connectivity index (χ1v) is 6.07. The van der Waals surface area contributed by atoms with E-state index in [0.29, 0.717) is 6.54 Å². The van der Waals surface area contributed by atoms with Crippen molar-refractivity contribution in [3.05, 3.63) is 0 Å². The number of nitrogens with zero attached hydrogens (tertiary/aromatic N) is 2. The lowest BCUT2D eigenvalue weighted by atomic mass is 10.1. The van der Waals surface area contributed by atoms with E-state index in [9.17, 15) is 4.79 Å². The first-order chi connectivity index (χ1) is 7.71. The molecule has 0 fully saturated rings. The van der Waals surface area contributed by atoms with Gasteiger partial charge in [0.1, 0.15) is 11.6 Å². The highest BCUT2D eigenvalue weighted by atomic mass is 16.6. The molecule has 0 saturated carbocycles. The number of rotatable bonds is 5. The van der Waals surface area contributed by atoms with Gasteiger partial charge in [0, 0.05) is 6.54 Å². The van der Waals surface area contributed by atoms with Gasteiger partial charge in [-0.15, -0.1) is 0 Å². The Kier molecular flexibility index (Phi) is 6.19. The van der Waals surface area contributed by atoms with Crippen LogP contribution in [-0.2, 0) is 9.53 Å². The second-order valence-electron chi connectivity index (χ2n) is 5.33. The number of ether oxygens (including phenoxy) is 1. The second-order valence-corrected chi connectivity index (χ2v) is 5.33. The molecule has 0 saturated heterocycles. The first kappa shape index (κ1) is 15.9. The van der Waals surface area contributed by atoms with Gasteiger partial charge in [-0.05, 0) is 41.2 Å². The van der Waals surface area contributed by atoms with Gasteiger partial charge in [-0.2, -0.15) is 5.26 Å². The summed E-state index contributed by atoms with van der Waals surface area (Å²) in [6, 6.07) is 1.87. The van der Waals surface area contributed by atoms with Gasteiger partial charge < -0.3 is 4.74 Å². The highest BCUT2D eigenvalue weighted by molar-refractivity contribution is 5.75. The lowest BCUT2D eigenvalue weighted by Gasteiger charge is -2.30. The largest absolute Gasteiger partial charge is 0.459 e. The molecule has 0 bridgehead atoms. The standard InChI is InChI=1S/C13H24N2O2/c1-7-15(9-10(2)8-14)11(3)12(16)17-13(4,5)6/h10-11H,7,9H2,1-6H3. The van der Waals surface area contributed by atoms with Crippen molar-refractivity contribution in [1.82, 2.24) is 4.90 Å². The number of esters is 1. The fourth-order valence-electron chi connectivity index (χ4n) is 1.49. The molecule has 17 heavy (non-hydrogen) atoms. The fraction of sp³-hybridized carbons (Fsp3) is 0.846. The molecule has 0 aliphatic heterocycles. The second kappa shape index (κ2) is 6.61. The molecule has 0 radical (unpaired) electrons. The van der Waals surface area contributed by atoms with Crippen molar-refractivity contribution < 1.29 is 9.53 Å². The summed E-state index contributed by atoms with van der Waals surface area (Å²) in [4.78, 5) is 13.8. The van der Waals surface area contributed by atoms with Crippen LogP contribution in [0.5, 0.6) is 0 Å². The molecule has 0 heterocycles. The van der Waals surface area contributed by atoms with Crippen LogP contribution in [0.2, 0.25) is 0 Å². The molecule has 0 aromatic rings. The fourth-order valence-corrected chi connectivity index (χ4v) is 1.49. The topological polar surface area (TPSA) is 53.3 Å². The van der Waals surface area contributed by atoms with E-state index >= 15 is 0 Å². The van der Waals surface area contributed by atoms with Crippen LogP contribution in [-0.4, -0.2) is 35.6 Å². The molecule has 0 aliphatic carbocycles. The Labute approximate surface area is 105 Å². The SMILES string of the molecule is CCN(CC(C)C#N)C(C)C(=O)OC(C)(C)C. The van der Waals surface area contributed by atoms with Gasteiger partial charge in [0.2, 0.25) is 0 Å². The maximum absolute atomic E-state index is 11.9. The molecule has 2 atom stereocenters. The molecular formula is C13H24N2O2. The Morgan fingerprint density at radius 2 is 1.94 bits per heavy atom. The number of carbonyl (C=O) groups excluding carboxylic acids is 1. The van der Waals surface area contributed by atoms with Crippen LogP contribution < -0.4 is 0 Å². The lowest BCUT2D eigenvalue weighted by molar-refractivity contribution is -0.160. The number of nitriles is 1. The number of hydrogen-bond acceptors (Lipinski definition) is 4. The molecule has 0 aliphatic rings. The van der Waals surface area contributed by atoms with Gasteiger partial charge in [-0.1, -0.05) is 6.92 Å². The van der Waals surface area contributed by atoms with E-state index in [2.05, 4.69) is 6.07 Å². The van der Waals surface area contributed by atoms with Crippen molar-refractivity contribution in [2.24, 2.45) is 5.92 Å². The van der Waals surface area contributed by atoms with Gasteiger partial charge >= 0.3 is 5.97 Å². The maximum atomic E-state index is 11.9. The predicted octanol–water partition coefficient (Wildman–Crippen LogP) is 2.20. The monoisotopic (exact) mass is 240 g/mol. The zero-order chi connectivity index (χ0) is 13.6. The van der Waals surface area contributed by atoms with Crippen LogP contribution >= 0.6 is 0 Å². The summed E-state index contributed by atoms with van der Waals surface area (Å²) in [5.74, 6) is -0.315. The van der Waals surface area contributed by atoms with E-state index in [1.165, 1.54) is 0 Å². The lowest BCUT2D eigenvalue weighted by Crippen LogP contribution is -2.44. The summed E-state index contributed by atoms with van der Waals surface area (Å²) in [5.41, 5.74) is -0.467. The van der Waals surface area contributed by atoms with Crippen molar-refractivity contribution in [2.45, 2.75) is 53.2 Å². The van der Waals surface area contributed by atoms with Crippen LogP contribution in [0, 0.1) is 17.2 Å². The molecule has 4 nitrogen and oxygen atoms in total. The van der Waals surface area contributed by atoms with Crippen molar-refractivity contribution in [3.8, 4) is 6.07 Å². The number of carbonyl (C=O) groups is 1. The van der Waals surface area contributed by atoms with Gasteiger partial charge in [0.25, 0.3) is 0 Å². The summed E-state index contributed by atoms with van der Waals surface area (Å²) in [6.07, 6.45) is 0. The van der Waals surface area contributed by atoms with Crippen molar-refractivity contribution in [1.29, 1.82) is 5.26 Å². The molecule has 2 unspecified atom stereocenters. The third-order valence-corrected chi connectivity index (χ3v) is 2.43. The Morgan fingerprint density at radius 1 is 1.41 bits per heavy atom. The summed E-state index contributed by atoms with van der Waals surface area (Å²) < 4.78 is 5.33. The Morgan fingerprint density at radius 3 is 2.29 bits per heavy atom. The molecule has 0 spiro atoms. The molecule has 0 rings (SSSR count). The zero-order valence-electron chi connectivity index (χ0n) is 11.8. The third kappa shape index (κ3) is 6.28. The summed E-state index contributed by atoms with van der Waals surface area (Å²) in [7, 11) is 0. The highest BCUT2D eigenvalue weighted by Gasteiger charge is 2.26. The van der Waals surface area contributed by atoms with Crippen LogP contribution in [0.15, 0.2) is 0 Å². The molecule has 0 aromatic heterocycles. The van der Waals surface area contributed by atoms with E-state index in [0.717, 1.165) is 6.54 Å². The molecule has 98 valence electrons. The number of hydrogen-bond donors (Lipinski definition) is 0. The molecular weight excluding hydrogens is 216 g/mol. The minimum Gasteiger partial charge on any atom is -0.459 e. The average molecular weight is 240 g/mol. The Hall–Kier alpha value is -1.08. The van der Waals surface area contributed by atoms with E-state index < -0.39 is 5.60 Å². The quantitative estimate of drug-likeness (QED) is 0.691. The maximum Gasteiger partial charge on any atom is 0.323 e. The van der Waals surface area contributed by atoms with Crippen molar-refractivity contribution in [2.75, 3.05) is 13.1 Å². The Bertz CT molecular complexity index is 289. The van der Waals surface area contributed by atoms with Crippen LogP contribution in [0.1, 0.15) is 41.5 Å². The third-order valence-electron chi connectivity index (χ3n) is 2.43. The van der Waals surface area contributed by atoms with E-state index in [1.807, 2.05) is 46.4 Å². The predicted molar refractivity (Wildman–Crippen MR) is 67.3 cm³/mol. The van der Waals surface area contributed by atoms with Gasteiger partial charge in [0.15, 0.2) is 0 Å². The van der Waals surface area contributed by atoms with Gasteiger partial charge in [0.05, 0.1) is 12.0 Å². The Balaban J connectivity index is 4.49. The summed E-state index contributed by atoms with van der Waals surface area (Å²) in [5, 5.41) is 8.79. The minimum absolute atomic E-state index is 0.0835. The van der Waals surface area contributed by atoms with Crippen molar-refractivity contribution in [3.63, 3.8) is 0 Å². The normalized spacial score (nSPS) is 15.2. The zero-order valence-corrected chi connectivity index (χ0v) is 11.8. The summed E-state index contributed by atoms with van der Waals surface area (Å²) in [6.45, 7) is 12.5.